The summed E-state index contributed by atoms with van der Waals surface area (Å²) < 4.78 is 0. The van der Waals surface area contributed by atoms with Crippen molar-refractivity contribution >= 4 is 11.7 Å². The van der Waals surface area contributed by atoms with Crippen LogP contribution in [0.2, 0.25) is 0 Å². The smallest absolute Gasteiger partial charge is 0.193 e. The van der Waals surface area contributed by atoms with Gasteiger partial charge in [0, 0.05) is 23.5 Å². The van der Waals surface area contributed by atoms with Crippen molar-refractivity contribution in [3.05, 3.63) is 121 Å². The van der Waals surface area contributed by atoms with Crippen LogP contribution in [0.5, 0.6) is 0 Å². The van der Waals surface area contributed by atoms with Crippen molar-refractivity contribution < 1.29 is 0 Å². The van der Waals surface area contributed by atoms with E-state index in [-0.39, 0.29) is 0 Å². The van der Waals surface area contributed by atoms with Gasteiger partial charge in [0.25, 0.3) is 0 Å². The van der Waals surface area contributed by atoms with Gasteiger partial charge >= 0.3 is 0 Å². The molecule has 0 fully saturated rings. The third kappa shape index (κ3) is 2.30. The molecule has 0 aliphatic carbocycles. The summed E-state index contributed by atoms with van der Waals surface area (Å²) >= 11 is 0. The molecule has 27 heavy (non-hydrogen) atoms. The van der Waals surface area contributed by atoms with E-state index < -0.39 is 5.66 Å². The van der Waals surface area contributed by atoms with Crippen LogP contribution in [0.4, 0.5) is 5.82 Å². The fourth-order valence-corrected chi connectivity index (χ4v) is 3.79. The monoisotopic (exact) mass is 350 g/mol. The molecule has 0 radical (unpaired) electrons. The molecule has 0 saturated carbocycles. The summed E-state index contributed by atoms with van der Waals surface area (Å²) in [5, 5.41) is 6.98. The van der Waals surface area contributed by atoms with Crippen LogP contribution in [0.3, 0.4) is 0 Å². The number of aromatic nitrogens is 1. The van der Waals surface area contributed by atoms with Gasteiger partial charge in [-0.3, -0.25) is 4.90 Å². The van der Waals surface area contributed by atoms with Crippen LogP contribution in [-0.4, -0.2) is 15.7 Å². The Morgan fingerprint density at radius 1 is 0.704 bits per heavy atom. The highest BCUT2D eigenvalue weighted by Crippen LogP contribution is 2.46. The van der Waals surface area contributed by atoms with Gasteiger partial charge < -0.3 is 0 Å². The number of pyridine rings is 1. The van der Waals surface area contributed by atoms with E-state index in [1.165, 1.54) is 0 Å². The van der Waals surface area contributed by atoms with Gasteiger partial charge in [-0.05, 0) is 24.3 Å². The van der Waals surface area contributed by atoms with E-state index in [4.69, 9.17) is 5.10 Å². The molecule has 3 heterocycles. The number of hydrazone groups is 1. The Balaban J connectivity index is 1.84. The van der Waals surface area contributed by atoms with Crippen molar-refractivity contribution in [2.75, 3.05) is 5.01 Å². The third-order valence-electron chi connectivity index (χ3n) is 4.91. The Hall–Kier alpha value is -3.66. The number of benzene rings is 2. The normalized spacial score (nSPS) is 17.0. The zero-order valence-corrected chi connectivity index (χ0v) is 14.7. The quantitative estimate of drug-likeness (QED) is 0.697. The molecule has 0 unspecified atom stereocenters. The minimum atomic E-state index is -0.645. The lowest BCUT2D eigenvalue weighted by molar-refractivity contribution is 0.306. The van der Waals surface area contributed by atoms with Crippen molar-refractivity contribution in [2.24, 2.45) is 5.10 Å². The van der Waals surface area contributed by atoms with E-state index in [0.717, 1.165) is 22.8 Å². The predicted octanol–water partition coefficient (Wildman–Crippen LogP) is 4.50. The van der Waals surface area contributed by atoms with Gasteiger partial charge in [-0.25, -0.2) is 9.99 Å². The molecule has 0 atom stereocenters. The maximum absolute atomic E-state index is 4.96. The first-order chi connectivity index (χ1) is 13.4. The molecule has 2 aliphatic rings. The van der Waals surface area contributed by atoms with Gasteiger partial charge in [0.15, 0.2) is 17.3 Å². The molecule has 2 aromatic carbocycles. The fraction of sp³-hybridized carbons (Fsp3) is 0.0435. The summed E-state index contributed by atoms with van der Waals surface area (Å²) in [5.74, 6) is 1.68. The van der Waals surface area contributed by atoms with E-state index in [1.54, 1.807) is 6.20 Å². The first-order valence-electron chi connectivity index (χ1n) is 8.96. The molecule has 0 bridgehead atoms. The predicted molar refractivity (Wildman–Crippen MR) is 108 cm³/mol. The molecule has 0 saturated heterocycles. The van der Waals surface area contributed by atoms with Crippen molar-refractivity contribution in [1.82, 2.24) is 9.88 Å². The van der Waals surface area contributed by atoms with Crippen LogP contribution >= 0.6 is 0 Å². The number of nitrogens with zero attached hydrogens (tertiary/aromatic N) is 4. The van der Waals surface area contributed by atoms with Gasteiger partial charge in [0.2, 0.25) is 0 Å². The fourth-order valence-electron chi connectivity index (χ4n) is 3.79. The molecule has 0 N–H and O–H groups in total. The number of hydrogen-bond donors (Lipinski definition) is 0. The van der Waals surface area contributed by atoms with Gasteiger partial charge in [0.05, 0.1) is 0 Å². The Bertz CT molecular complexity index is 984. The SMILES string of the molecule is C1=CC2=NN(c3ccccn3)C(c3ccccc3)(c3ccccc3)N2C=C1. The van der Waals surface area contributed by atoms with Crippen LogP contribution in [0, 0.1) is 0 Å². The van der Waals surface area contributed by atoms with Gasteiger partial charge in [0.1, 0.15) is 0 Å². The summed E-state index contributed by atoms with van der Waals surface area (Å²) in [6, 6.07) is 26.8. The first kappa shape index (κ1) is 15.6. The average Bonchev–Trinajstić information content (AvgIpc) is 3.12. The van der Waals surface area contributed by atoms with E-state index in [1.807, 2.05) is 53.6 Å². The molecule has 1 aromatic heterocycles. The maximum atomic E-state index is 4.96. The molecule has 130 valence electrons. The third-order valence-corrected chi connectivity index (χ3v) is 4.91. The molecule has 5 rings (SSSR count). The van der Waals surface area contributed by atoms with Crippen molar-refractivity contribution in [3.8, 4) is 0 Å². The molecule has 4 heteroatoms. The number of fused-ring (bicyclic) bond motifs is 1. The lowest BCUT2D eigenvalue weighted by atomic mass is 9.88. The van der Waals surface area contributed by atoms with Gasteiger partial charge in [-0.15, -0.1) is 5.10 Å². The minimum absolute atomic E-state index is 0.645. The zero-order chi connectivity index (χ0) is 18.1. The Morgan fingerprint density at radius 2 is 1.37 bits per heavy atom. The van der Waals surface area contributed by atoms with E-state index >= 15 is 0 Å². The van der Waals surface area contributed by atoms with Gasteiger partial charge in [-0.2, -0.15) is 0 Å². The Morgan fingerprint density at radius 3 is 2.00 bits per heavy atom. The number of anilines is 1. The van der Waals surface area contributed by atoms with E-state index in [0.29, 0.717) is 0 Å². The number of rotatable bonds is 3. The summed E-state index contributed by atoms with van der Waals surface area (Å²) in [5.41, 5.74) is 1.61. The lowest BCUT2D eigenvalue weighted by Gasteiger charge is -2.43. The Kier molecular flexibility index (Phi) is 3.61. The molecule has 0 amide bonds. The number of allylic oxidation sites excluding steroid dienone is 2. The minimum Gasteiger partial charge on any atom is -0.298 e. The highest BCUT2D eigenvalue weighted by molar-refractivity contribution is 5.99. The molecule has 2 aliphatic heterocycles. The molecule has 0 spiro atoms. The second-order valence-corrected chi connectivity index (χ2v) is 6.43. The molecule has 3 aromatic rings. The molecular weight excluding hydrogens is 332 g/mol. The van der Waals surface area contributed by atoms with Crippen LogP contribution in [-0.2, 0) is 5.66 Å². The maximum Gasteiger partial charge on any atom is 0.193 e. The highest BCUT2D eigenvalue weighted by atomic mass is 15.7. The first-order valence-corrected chi connectivity index (χ1v) is 8.96. The van der Waals surface area contributed by atoms with Crippen molar-refractivity contribution in [3.63, 3.8) is 0 Å². The van der Waals surface area contributed by atoms with Crippen LogP contribution in [0.25, 0.3) is 0 Å². The number of amidine groups is 1. The standard InChI is InChI=1S/C23H18N4/c1-3-11-19(12-4-1)23(20-13-5-2-6-14-20)26-18-10-8-16-22(26)25-27(23)21-15-7-9-17-24-21/h1-18H. The van der Waals surface area contributed by atoms with Crippen LogP contribution in [0.15, 0.2) is 115 Å². The number of hydrogen-bond acceptors (Lipinski definition) is 4. The summed E-state index contributed by atoms with van der Waals surface area (Å²) in [7, 11) is 0. The van der Waals surface area contributed by atoms with Gasteiger partial charge in [-0.1, -0.05) is 72.8 Å². The largest absolute Gasteiger partial charge is 0.298 e. The Labute approximate surface area is 158 Å². The molecular formula is C23H18N4. The zero-order valence-electron chi connectivity index (χ0n) is 14.7. The van der Waals surface area contributed by atoms with E-state index in [9.17, 15) is 0 Å². The van der Waals surface area contributed by atoms with Crippen molar-refractivity contribution in [1.29, 1.82) is 0 Å². The second-order valence-electron chi connectivity index (χ2n) is 6.43. The van der Waals surface area contributed by atoms with Crippen LogP contribution < -0.4 is 5.01 Å². The molecule has 4 nitrogen and oxygen atoms in total. The topological polar surface area (TPSA) is 31.7 Å². The lowest BCUT2D eigenvalue weighted by Crippen LogP contribution is -2.52. The highest BCUT2D eigenvalue weighted by Gasteiger charge is 2.51. The van der Waals surface area contributed by atoms with E-state index in [2.05, 4.69) is 64.6 Å². The summed E-state index contributed by atoms with van der Waals surface area (Å²) in [6.45, 7) is 0. The van der Waals surface area contributed by atoms with Crippen molar-refractivity contribution in [2.45, 2.75) is 5.66 Å². The average molecular weight is 350 g/mol. The second kappa shape index (κ2) is 6.25. The summed E-state index contributed by atoms with van der Waals surface area (Å²) in [6.07, 6.45) is 9.98. The van der Waals surface area contributed by atoms with Crippen LogP contribution in [0.1, 0.15) is 11.1 Å². The summed E-state index contributed by atoms with van der Waals surface area (Å²) in [4.78, 5) is 6.82.